The maximum atomic E-state index is 13.4. The molecule has 1 amide bonds. The van der Waals surface area contributed by atoms with E-state index in [2.05, 4.69) is 20.9 Å². The summed E-state index contributed by atoms with van der Waals surface area (Å²) in [6.07, 6.45) is 1.64. The Morgan fingerprint density at radius 1 is 0.946 bits per heavy atom. The van der Waals surface area contributed by atoms with Crippen LogP contribution in [0.25, 0.3) is 5.76 Å². The smallest absolute Gasteiger partial charge is 0.296 e. The minimum absolute atomic E-state index is 0.0273. The van der Waals surface area contributed by atoms with Gasteiger partial charge in [0.15, 0.2) is 0 Å². The van der Waals surface area contributed by atoms with E-state index in [-0.39, 0.29) is 17.9 Å². The minimum atomic E-state index is -0.828. The topological polar surface area (TPSA) is 79.7 Å². The molecule has 1 aliphatic rings. The van der Waals surface area contributed by atoms with Gasteiger partial charge in [-0.1, -0.05) is 58.4 Å². The number of ether oxygens (including phenoxy) is 1. The number of carbonyl (C=O) groups excluding carboxylic acids is 2. The lowest BCUT2D eigenvalue weighted by molar-refractivity contribution is -0.140. The molecule has 1 unspecified atom stereocenters. The van der Waals surface area contributed by atoms with Crippen molar-refractivity contribution in [2.45, 2.75) is 19.5 Å². The highest BCUT2D eigenvalue weighted by molar-refractivity contribution is 9.10. The second kappa shape index (κ2) is 10.4. The number of aryl methyl sites for hydroxylation is 1. The van der Waals surface area contributed by atoms with Gasteiger partial charge in [-0.15, -0.1) is 0 Å². The molecule has 1 aliphatic heterocycles. The summed E-state index contributed by atoms with van der Waals surface area (Å²) in [5.41, 5.74) is 2.64. The summed E-state index contributed by atoms with van der Waals surface area (Å²) < 4.78 is 6.89. The first-order valence-corrected chi connectivity index (χ1v) is 12.5. The van der Waals surface area contributed by atoms with Crippen LogP contribution in [0.1, 0.15) is 28.4 Å². The maximum absolute atomic E-state index is 13.4. The first-order chi connectivity index (χ1) is 17.9. The third kappa shape index (κ3) is 5.04. The number of ketones is 1. The second-order valence-electron chi connectivity index (χ2n) is 8.70. The summed E-state index contributed by atoms with van der Waals surface area (Å²) >= 11 is 3.47. The standard InChI is InChI=1S/C30H23BrN2O4/c1-19-16-21(13-14-25(19)31)28(34)26-27(33(30(36)29(26)35)18-22-9-5-6-15-32-22)20-8-7-12-24(17-20)37-23-10-3-2-4-11-23/h2-17,27,34H,18H2,1H3/b28-26-. The van der Waals surface area contributed by atoms with Gasteiger partial charge in [-0.3, -0.25) is 14.6 Å². The highest BCUT2D eigenvalue weighted by Crippen LogP contribution is 2.41. The lowest BCUT2D eigenvalue weighted by Gasteiger charge is -2.25. The van der Waals surface area contributed by atoms with E-state index < -0.39 is 17.7 Å². The van der Waals surface area contributed by atoms with E-state index in [0.717, 1.165) is 10.0 Å². The molecule has 1 saturated heterocycles. The molecule has 0 aliphatic carbocycles. The number of halogens is 1. The van der Waals surface area contributed by atoms with Crippen LogP contribution < -0.4 is 4.74 Å². The number of hydrogen-bond donors (Lipinski definition) is 1. The summed E-state index contributed by atoms with van der Waals surface area (Å²) in [6.45, 7) is 2.00. The van der Waals surface area contributed by atoms with Gasteiger partial charge in [0, 0.05) is 16.2 Å². The average Bonchev–Trinajstić information content (AvgIpc) is 3.16. The first kappa shape index (κ1) is 24.5. The van der Waals surface area contributed by atoms with Gasteiger partial charge in [0.05, 0.1) is 23.9 Å². The summed E-state index contributed by atoms with van der Waals surface area (Å²) in [5.74, 6) is -0.454. The van der Waals surface area contributed by atoms with Crippen molar-refractivity contribution >= 4 is 33.4 Å². The molecule has 0 radical (unpaired) electrons. The molecular weight excluding hydrogens is 532 g/mol. The van der Waals surface area contributed by atoms with Crippen molar-refractivity contribution in [2.24, 2.45) is 0 Å². The number of amides is 1. The van der Waals surface area contributed by atoms with Crippen LogP contribution in [0.2, 0.25) is 0 Å². The fourth-order valence-electron chi connectivity index (χ4n) is 4.38. The maximum Gasteiger partial charge on any atom is 0.296 e. The van der Waals surface area contributed by atoms with E-state index in [1.165, 1.54) is 4.90 Å². The van der Waals surface area contributed by atoms with Crippen molar-refractivity contribution in [3.63, 3.8) is 0 Å². The van der Waals surface area contributed by atoms with Gasteiger partial charge in [0.1, 0.15) is 17.3 Å². The number of rotatable bonds is 6. The Labute approximate surface area is 223 Å². The van der Waals surface area contributed by atoms with E-state index in [0.29, 0.717) is 28.3 Å². The number of benzene rings is 3. The van der Waals surface area contributed by atoms with Crippen molar-refractivity contribution in [1.29, 1.82) is 0 Å². The van der Waals surface area contributed by atoms with E-state index in [1.807, 2.05) is 49.4 Å². The number of para-hydroxylation sites is 1. The molecule has 3 aromatic carbocycles. The Bertz CT molecular complexity index is 1500. The van der Waals surface area contributed by atoms with E-state index in [4.69, 9.17) is 4.74 Å². The third-order valence-electron chi connectivity index (χ3n) is 6.18. The van der Waals surface area contributed by atoms with Crippen molar-refractivity contribution in [2.75, 3.05) is 0 Å². The number of aliphatic hydroxyl groups excluding tert-OH is 1. The Hall–Kier alpha value is -4.23. The van der Waals surface area contributed by atoms with Gasteiger partial charge in [-0.25, -0.2) is 0 Å². The predicted octanol–water partition coefficient (Wildman–Crippen LogP) is 6.57. The van der Waals surface area contributed by atoms with Crippen LogP contribution in [-0.2, 0) is 16.1 Å². The molecule has 0 bridgehead atoms. The number of pyridine rings is 1. The monoisotopic (exact) mass is 554 g/mol. The zero-order chi connectivity index (χ0) is 25.9. The van der Waals surface area contributed by atoms with Crippen LogP contribution in [0.3, 0.4) is 0 Å². The summed E-state index contributed by atoms with van der Waals surface area (Å²) in [4.78, 5) is 32.5. The number of Topliss-reactive ketones (excluding diaryl/α,β-unsaturated/α-hetero) is 1. The van der Waals surface area contributed by atoms with Crippen molar-refractivity contribution in [3.05, 3.63) is 130 Å². The second-order valence-corrected chi connectivity index (χ2v) is 9.55. The highest BCUT2D eigenvalue weighted by Gasteiger charge is 2.46. The molecule has 1 fully saturated rings. The first-order valence-electron chi connectivity index (χ1n) is 11.7. The fourth-order valence-corrected chi connectivity index (χ4v) is 4.62. The van der Waals surface area contributed by atoms with Crippen LogP contribution >= 0.6 is 15.9 Å². The largest absolute Gasteiger partial charge is 0.507 e. The quantitative estimate of drug-likeness (QED) is 0.166. The average molecular weight is 555 g/mol. The van der Waals surface area contributed by atoms with Crippen LogP contribution in [0, 0.1) is 6.92 Å². The normalized spacial score (nSPS) is 16.7. The van der Waals surface area contributed by atoms with Crippen LogP contribution in [-0.4, -0.2) is 26.7 Å². The van der Waals surface area contributed by atoms with Gasteiger partial charge in [0.25, 0.3) is 11.7 Å². The fraction of sp³-hybridized carbons (Fsp3) is 0.100. The zero-order valence-corrected chi connectivity index (χ0v) is 21.6. The molecule has 184 valence electrons. The number of likely N-dealkylation sites (tertiary alicyclic amines) is 1. The Balaban J connectivity index is 1.62. The van der Waals surface area contributed by atoms with Crippen molar-refractivity contribution in [3.8, 4) is 11.5 Å². The van der Waals surface area contributed by atoms with Gasteiger partial charge in [-0.2, -0.15) is 0 Å². The molecule has 0 saturated carbocycles. The van der Waals surface area contributed by atoms with Gasteiger partial charge < -0.3 is 14.7 Å². The summed E-state index contributed by atoms with van der Waals surface area (Å²) in [6, 6.07) is 26.4. The van der Waals surface area contributed by atoms with E-state index in [9.17, 15) is 14.7 Å². The van der Waals surface area contributed by atoms with Gasteiger partial charge in [0.2, 0.25) is 0 Å². The molecule has 1 aromatic heterocycles. The molecule has 4 aromatic rings. The lowest BCUT2D eigenvalue weighted by Crippen LogP contribution is -2.29. The van der Waals surface area contributed by atoms with Crippen LogP contribution in [0.15, 0.2) is 107 Å². The number of nitrogens with zero attached hydrogens (tertiary/aromatic N) is 2. The SMILES string of the molecule is Cc1cc(/C(O)=C2/C(=O)C(=O)N(Cc3ccccn3)C2c2cccc(Oc3ccccc3)c2)ccc1Br. The Morgan fingerprint density at radius 3 is 2.43 bits per heavy atom. The van der Waals surface area contributed by atoms with Crippen molar-refractivity contribution < 1.29 is 19.4 Å². The number of aromatic nitrogens is 1. The van der Waals surface area contributed by atoms with E-state index >= 15 is 0 Å². The molecule has 0 spiro atoms. The number of aliphatic hydroxyl groups is 1. The third-order valence-corrected chi connectivity index (χ3v) is 7.07. The summed E-state index contributed by atoms with van der Waals surface area (Å²) in [7, 11) is 0. The molecule has 2 heterocycles. The number of hydrogen-bond acceptors (Lipinski definition) is 5. The highest BCUT2D eigenvalue weighted by atomic mass is 79.9. The molecule has 1 atom stereocenters. The molecule has 6 nitrogen and oxygen atoms in total. The Kier molecular flexibility index (Phi) is 6.88. The lowest BCUT2D eigenvalue weighted by atomic mass is 9.94. The number of carbonyl (C=O) groups is 2. The minimum Gasteiger partial charge on any atom is -0.507 e. The molecule has 1 N–H and O–H groups in total. The van der Waals surface area contributed by atoms with Gasteiger partial charge in [-0.05, 0) is 66.6 Å². The Morgan fingerprint density at radius 2 is 1.70 bits per heavy atom. The molecule has 37 heavy (non-hydrogen) atoms. The van der Waals surface area contributed by atoms with Crippen molar-refractivity contribution in [1.82, 2.24) is 9.88 Å². The molecular formula is C30H23BrN2O4. The predicted molar refractivity (Wildman–Crippen MR) is 144 cm³/mol. The summed E-state index contributed by atoms with van der Waals surface area (Å²) in [5, 5.41) is 11.4. The van der Waals surface area contributed by atoms with E-state index in [1.54, 1.807) is 54.7 Å². The van der Waals surface area contributed by atoms with Crippen LogP contribution in [0.5, 0.6) is 11.5 Å². The zero-order valence-electron chi connectivity index (χ0n) is 20.0. The van der Waals surface area contributed by atoms with Gasteiger partial charge >= 0.3 is 0 Å². The van der Waals surface area contributed by atoms with Crippen LogP contribution in [0.4, 0.5) is 0 Å². The molecule has 7 heteroatoms. The molecule has 5 rings (SSSR count).